The SMILES string of the molecule is CCN(CC)CCCC(C)NC(=O)c1cc(N)cnc1C. The van der Waals surface area contributed by atoms with E-state index in [1.54, 1.807) is 12.3 Å². The molecule has 1 amide bonds. The number of carbonyl (C=O) groups excluding carboxylic acids is 1. The van der Waals surface area contributed by atoms with Gasteiger partial charge in [-0.15, -0.1) is 0 Å². The first-order chi connectivity index (χ1) is 9.97. The van der Waals surface area contributed by atoms with E-state index in [1.165, 1.54) is 0 Å². The number of amides is 1. The highest BCUT2D eigenvalue weighted by Crippen LogP contribution is 2.10. The summed E-state index contributed by atoms with van der Waals surface area (Å²) in [4.78, 5) is 18.7. The fraction of sp³-hybridized carbons (Fsp3) is 0.625. The lowest BCUT2D eigenvalue weighted by Crippen LogP contribution is -2.34. The molecule has 3 N–H and O–H groups in total. The standard InChI is InChI=1S/C16H28N4O/c1-5-20(6-2)9-7-8-12(3)19-16(21)15-10-14(17)11-18-13(15)4/h10-12H,5-9,17H2,1-4H3,(H,19,21). The molecule has 0 aliphatic rings. The van der Waals surface area contributed by atoms with Crippen LogP contribution in [0.4, 0.5) is 5.69 Å². The Kier molecular flexibility index (Phi) is 7.15. The fourth-order valence-corrected chi connectivity index (χ4v) is 2.31. The molecule has 0 saturated carbocycles. The number of nitrogens with one attached hydrogen (secondary N) is 1. The van der Waals surface area contributed by atoms with Gasteiger partial charge >= 0.3 is 0 Å². The van der Waals surface area contributed by atoms with E-state index >= 15 is 0 Å². The van der Waals surface area contributed by atoms with E-state index in [0.29, 0.717) is 16.9 Å². The number of anilines is 1. The van der Waals surface area contributed by atoms with Crippen LogP contribution < -0.4 is 11.1 Å². The van der Waals surface area contributed by atoms with E-state index in [9.17, 15) is 4.79 Å². The lowest BCUT2D eigenvalue weighted by molar-refractivity contribution is 0.0936. The predicted octanol–water partition coefficient (Wildman–Crippen LogP) is 2.21. The first kappa shape index (κ1) is 17.4. The van der Waals surface area contributed by atoms with Crippen LogP contribution in [-0.2, 0) is 0 Å². The van der Waals surface area contributed by atoms with Crippen molar-refractivity contribution in [3.8, 4) is 0 Å². The third kappa shape index (κ3) is 5.71. The average molecular weight is 292 g/mol. The number of hydrogen-bond acceptors (Lipinski definition) is 4. The van der Waals surface area contributed by atoms with Crippen molar-refractivity contribution in [2.45, 2.75) is 46.6 Å². The Morgan fingerprint density at radius 2 is 2.10 bits per heavy atom. The molecule has 0 aromatic carbocycles. The molecule has 0 fully saturated rings. The molecule has 1 unspecified atom stereocenters. The molecule has 1 heterocycles. The highest BCUT2D eigenvalue weighted by Gasteiger charge is 2.13. The summed E-state index contributed by atoms with van der Waals surface area (Å²) in [5.74, 6) is -0.0948. The molecule has 0 aliphatic heterocycles. The Balaban J connectivity index is 2.45. The van der Waals surface area contributed by atoms with Gasteiger partial charge in [0.05, 0.1) is 23.1 Å². The van der Waals surface area contributed by atoms with E-state index in [2.05, 4.69) is 29.0 Å². The third-order valence-electron chi connectivity index (χ3n) is 3.74. The second-order valence-corrected chi connectivity index (χ2v) is 5.45. The molecule has 0 saturated heterocycles. The normalized spacial score (nSPS) is 12.4. The molecule has 118 valence electrons. The maximum atomic E-state index is 12.2. The van der Waals surface area contributed by atoms with Gasteiger partial charge in [0.25, 0.3) is 5.91 Å². The summed E-state index contributed by atoms with van der Waals surface area (Å²) in [5, 5.41) is 3.02. The molecular formula is C16H28N4O. The van der Waals surface area contributed by atoms with Crippen molar-refractivity contribution in [1.29, 1.82) is 0 Å². The topological polar surface area (TPSA) is 71.2 Å². The molecule has 1 rings (SSSR count). The number of aryl methyl sites for hydroxylation is 1. The molecule has 0 spiro atoms. The molecule has 1 atom stereocenters. The van der Waals surface area contributed by atoms with Crippen LogP contribution in [0.5, 0.6) is 0 Å². The van der Waals surface area contributed by atoms with Crippen molar-refractivity contribution in [2.75, 3.05) is 25.4 Å². The molecule has 5 nitrogen and oxygen atoms in total. The van der Waals surface area contributed by atoms with Crippen LogP contribution in [-0.4, -0.2) is 41.5 Å². The Labute approximate surface area is 127 Å². The van der Waals surface area contributed by atoms with Gasteiger partial charge in [0, 0.05) is 6.04 Å². The summed E-state index contributed by atoms with van der Waals surface area (Å²) in [6, 6.07) is 1.83. The van der Waals surface area contributed by atoms with Crippen molar-refractivity contribution < 1.29 is 4.79 Å². The van der Waals surface area contributed by atoms with Gasteiger partial charge in [0.2, 0.25) is 0 Å². The maximum absolute atomic E-state index is 12.2. The molecule has 5 heteroatoms. The van der Waals surface area contributed by atoms with Gasteiger partial charge in [-0.05, 0) is 52.4 Å². The molecule has 1 aromatic heterocycles. The lowest BCUT2D eigenvalue weighted by atomic mass is 10.1. The maximum Gasteiger partial charge on any atom is 0.253 e. The Morgan fingerprint density at radius 1 is 1.43 bits per heavy atom. The second-order valence-electron chi connectivity index (χ2n) is 5.45. The minimum atomic E-state index is -0.0948. The summed E-state index contributed by atoms with van der Waals surface area (Å²) >= 11 is 0. The summed E-state index contributed by atoms with van der Waals surface area (Å²) in [6.07, 6.45) is 3.62. The number of hydrogen-bond donors (Lipinski definition) is 2. The van der Waals surface area contributed by atoms with Crippen LogP contribution in [0.25, 0.3) is 0 Å². The van der Waals surface area contributed by atoms with Crippen molar-refractivity contribution in [1.82, 2.24) is 15.2 Å². The average Bonchev–Trinajstić information content (AvgIpc) is 2.46. The van der Waals surface area contributed by atoms with E-state index < -0.39 is 0 Å². The Bertz CT molecular complexity index is 458. The molecule has 1 aromatic rings. The van der Waals surface area contributed by atoms with E-state index in [0.717, 1.165) is 32.5 Å². The van der Waals surface area contributed by atoms with Gasteiger partial charge in [0.1, 0.15) is 0 Å². The quantitative estimate of drug-likeness (QED) is 0.770. The number of pyridine rings is 1. The van der Waals surface area contributed by atoms with E-state index in [1.807, 2.05) is 13.8 Å². The number of nitrogen functional groups attached to an aromatic ring is 1. The summed E-state index contributed by atoms with van der Waals surface area (Å²) < 4.78 is 0. The zero-order chi connectivity index (χ0) is 15.8. The van der Waals surface area contributed by atoms with Crippen LogP contribution in [0.15, 0.2) is 12.3 Å². The highest BCUT2D eigenvalue weighted by atomic mass is 16.1. The number of rotatable bonds is 8. The van der Waals surface area contributed by atoms with Gasteiger partial charge in [-0.3, -0.25) is 9.78 Å². The van der Waals surface area contributed by atoms with Crippen molar-refractivity contribution in [3.05, 3.63) is 23.5 Å². The minimum Gasteiger partial charge on any atom is -0.397 e. The van der Waals surface area contributed by atoms with E-state index in [4.69, 9.17) is 5.73 Å². The minimum absolute atomic E-state index is 0.0948. The van der Waals surface area contributed by atoms with E-state index in [-0.39, 0.29) is 11.9 Å². The van der Waals surface area contributed by atoms with Crippen molar-refractivity contribution >= 4 is 11.6 Å². The number of carbonyl (C=O) groups is 1. The largest absolute Gasteiger partial charge is 0.397 e. The summed E-state index contributed by atoms with van der Waals surface area (Å²) in [7, 11) is 0. The van der Waals surface area contributed by atoms with Crippen LogP contribution in [0.2, 0.25) is 0 Å². The first-order valence-corrected chi connectivity index (χ1v) is 7.73. The molecular weight excluding hydrogens is 264 g/mol. The van der Waals surface area contributed by atoms with Crippen LogP contribution in [0, 0.1) is 6.92 Å². The second kappa shape index (κ2) is 8.62. The van der Waals surface area contributed by atoms with Crippen LogP contribution >= 0.6 is 0 Å². The predicted molar refractivity (Wildman–Crippen MR) is 87.3 cm³/mol. The van der Waals surface area contributed by atoms with Gasteiger partial charge in [-0.2, -0.15) is 0 Å². The molecule has 21 heavy (non-hydrogen) atoms. The Morgan fingerprint density at radius 3 is 2.71 bits per heavy atom. The summed E-state index contributed by atoms with van der Waals surface area (Å²) in [6.45, 7) is 11.4. The van der Waals surface area contributed by atoms with Gasteiger partial charge in [0.15, 0.2) is 0 Å². The molecule has 0 aliphatic carbocycles. The van der Waals surface area contributed by atoms with Gasteiger partial charge < -0.3 is 16.0 Å². The van der Waals surface area contributed by atoms with Gasteiger partial charge in [-0.1, -0.05) is 13.8 Å². The smallest absolute Gasteiger partial charge is 0.253 e. The zero-order valence-electron chi connectivity index (χ0n) is 13.6. The number of nitrogens with zero attached hydrogens (tertiary/aromatic N) is 2. The third-order valence-corrected chi connectivity index (χ3v) is 3.74. The molecule has 0 radical (unpaired) electrons. The monoisotopic (exact) mass is 292 g/mol. The zero-order valence-corrected chi connectivity index (χ0v) is 13.6. The summed E-state index contributed by atoms with van der Waals surface area (Å²) in [5.41, 5.74) is 7.47. The lowest BCUT2D eigenvalue weighted by Gasteiger charge is -2.20. The first-order valence-electron chi connectivity index (χ1n) is 7.73. The fourth-order valence-electron chi connectivity index (χ4n) is 2.31. The highest BCUT2D eigenvalue weighted by molar-refractivity contribution is 5.96. The van der Waals surface area contributed by atoms with Gasteiger partial charge in [-0.25, -0.2) is 0 Å². The van der Waals surface area contributed by atoms with Crippen LogP contribution in [0.1, 0.15) is 49.7 Å². The molecule has 0 bridgehead atoms. The van der Waals surface area contributed by atoms with Crippen LogP contribution in [0.3, 0.4) is 0 Å². The van der Waals surface area contributed by atoms with Crippen molar-refractivity contribution in [3.63, 3.8) is 0 Å². The van der Waals surface area contributed by atoms with Crippen molar-refractivity contribution in [2.24, 2.45) is 0 Å². The number of aromatic nitrogens is 1. The Hall–Kier alpha value is -1.62. The number of nitrogens with two attached hydrogens (primary N) is 1.